The summed E-state index contributed by atoms with van der Waals surface area (Å²) in [5, 5.41) is 13.1. The number of benzene rings is 1. The van der Waals surface area contributed by atoms with E-state index in [-0.39, 0.29) is 10.7 Å². The molecule has 0 aliphatic carbocycles. The van der Waals surface area contributed by atoms with Gasteiger partial charge in [-0.25, -0.2) is 4.79 Å². The zero-order valence-electron chi connectivity index (χ0n) is 8.80. The minimum atomic E-state index is -1.22. The smallest absolute Gasteiger partial charge is 0.356 e. The molecule has 0 saturated carbocycles. The quantitative estimate of drug-likeness (QED) is 0.918. The van der Waals surface area contributed by atoms with Crippen molar-refractivity contribution in [3.8, 4) is 5.69 Å². The van der Waals surface area contributed by atoms with Gasteiger partial charge in [-0.05, 0) is 24.3 Å². The second kappa shape index (κ2) is 4.80. The van der Waals surface area contributed by atoms with Crippen LogP contribution in [-0.4, -0.2) is 20.9 Å². The number of hydrogen-bond donors (Lipinski definition) is 1. The Bertz CT molecular complexity index is 682. The topological polar surface area (TPSA) is 72.2 Å². The van der Waals surface area contributed by atoms with Crippen molar-refractivity contribution in [1.29, 1.82) is 0 Å². The summed E-state index contributed by atoms with van der Waals surface area (Å²) in [7, 11) is 0. The van der Waals surface area contributed by atoms with E-state index >= 15 is 0 Å². The Morgan fingerprint density at radius 1 is 1.17 bits per heavy atom. The number of carboxylic acids is 1. The van der Waals surface area contributed by atoms with E-state index in [4.69, 9.17) is 28.3 Å². The van der Waals surface area contributed by atoms with E-state index in [0.29, 0.717) is 10.7 Å². The Hall–Kier alpha value is -1.85. The molecule has 5 nitrogen and oxygen atoms in total. The number of halogens is 2. The van der Waals surface area contributed by atoms with Gasteiger partial charge in [-0.3, -0.25) is 4.79 Å². The maximum Gasteiger partial charge on any atom is 0.356 e. The molecule has 0 spiro atoms. The molecule has 2 aromatic rings. The molecule has 1 aromatic heterocycles. The second-order valence-electron chi connectivity index (χ2n) is 3.37. The van der Waals surface area contributed by atoms with Gasteiger partial charge < -0.3 is 5.11 Å². The Morgan fingerprint density at radius 3 is 2.50 bits per heavy atom. The van der Waals surface area contributed by atoms with Crippen LogP contribution in [0.3, 0.4) is 0 Å². The molecule has 18 heavy (non-hydrogen) atoms. The van der Waals surface area contributed by atoms with Crippen LogP contribution in [-0.2, 0) is 0 Å². The van der Waals surface area contributed by atoms with E-state index in [2.05, 4.69) is 5.10 Å². The average Bonchev–Trinajstić information content (AvgIpc) is 2.33. The van der Waals surface area contributed by atoms with Crippen LogP contribution in [0.1, 0.15) is 10.5 Å². The molecule has 1 aromatic carbocycles. The minimum absolute atomic E-state index is 0.235. The number of nitrogens with zero attached hydrogens (tertiary/aromatic N) is 2. The van der Waals surface area contributed by atoms with Crippen LogP contribution in [0.4, 0.5) is 0 Å². The number of rotatable bonds is 2. The van der Waals surface area contributed by atoms with Crippen molar-refractivity contribution in [1.82, 2.24) is 9.78 Å². The summed E-state index contributed by atoms with van der Waals surface area (Å²) in [5.41, 5.74) is -0.350. The van der Waals surface area contributed by atoms with Crippen LogP contribution in [0.2, 0.25) is 10.0 Å². The van der Waals surface area contributed by atoms with Crippen LogP contribution in [0.5, 0.6) is 0 Å². The number of aromatic carboxylic acids is 1. The van der Waals surface area contributed by atoms with Gasteiger partial charge in [0.15, 0.2) is 5.69 Å². The summed E-state index contributed by atoms with van der Waals surface area (Å²) in [6.07, 6.45) is 0. The summed E-state index contributed by atoms with van der Waals surface area (Å²) < 4.78 is 0.950. The first-order valence-electron chi connectivity index (χ1n) is 4.78. The fourth-order valence-corrected chi connectivity index (χ4v) is 1.62. The summed E-state index contributed by atoms with van der Waals surface area (Å²) in [5.74, 6) is -1.22. The van der Waals surface area contributed by atoms with Crippen molar-refractivity contribution in [2.75, 3.05) is 0 Å². The summed E-state index contributed by atoms with van der Waals surface area (Å²) in [6, 6.07) is 6.72. The molecule has 1 N–H and O–H groups in total. The predicted molar refractivity (Wildman–Crippen MR) is 66.8 cm³/mol. The number of carboxylic acid groups (broad SMARTS) is 1. The third-order valence-electron chi connectivity index (χ3n) is 2.17. The highest BCUT2D eigenvalue weighted by atomic mass is 35.5. The van der Waals surface area contributed by atoms with Crippen LogP contribution in [0.25, 0.3) is 5.69 Å². The second-order valence-corrected chi connectivity index (χ2v) is 4.19. The zero-order valence-corrected chi connectivity index (χ0v) is 10.3. The molecule has 0 atom stereocenters. The summed E-state index contributed by atoms with van der Waals surface area (Å²) in [6.45, 7) is 0. The van der Waals surface area contributed by atoms with Gasteiger partial charge >= 0.3 is 5.97 Å². The normalized spacial score (nSPS) is 10.3. The fraction of sp³-hybridized carbons (Fsp3) is 0. The first-order chi connectivity index (χ1) is 8.49. The third kappa shape index (κ3) is 2.37. The largest absolute Gasteiger partial charge is 0.476 e. The standard InChI is InChI=1S/C11H6Cl2N2O3/c12-7-2-1-6(5-8(7)13)15-10(16)4-3-9(14-15)11(17)18/h1-5H,(H,17,18). The lowest BCUT2D eigenvalue weighted by Gasteiger charge is -2.06. The lowest BCUT2D eigenvalue weighted by atomic mass is 10.3. The minimum Gasteiger partial charge on any atom is -0.476 e. The van der Waals surface area contributed by atoms with Crippen LogP contribution in [0, 0.1) is 0 Å². The maximum atomic E-state index is 11.6. The molecule has 92 valence electrons. The Labute approximate surface area is 111 Å². The molecule has 2 rings (SSSR count). The fourth-order valence-electron chi connectivity index (χ4n) is 1.33. The van der Waals surface area contributed by atoms with Gasteiger partial charge in [0.05, 0.1) is 15.7 Å². The van der Waals surface area contributed by atoms with Crippen molar-refractivity contribution in [3.63, 3.8) is 0 Å². The predicted octanol–water partition coefficient (Wildman–Crippen LogP) is 2.24. The highest BCUT2D eigenvalue weighted by Crippen LogP contribution is 2.23. The molecule has 0 fully saturated rings. The molecular formula is C11H6Cl2N2O3. The van der Waals surface area contributed by atoms with Gasteiger partial charge in [-0.15, -0.1) is 0 Å². The molecule has 0 saturated heterocycles. The van der Waals surface area contributed by atoms with Crippen LogP contribution < -0.4 is 5.56 Å². The lowest BCUT2D eigenvalue weighted by molar-refractivity contribution is 0.0688. The average molecular weight is 285 g/mol. The monoisotopic (exact) mass is 284 g/mol. The Kier molecular flexibility index (Phi) is 3.36. The van der Waals surface area contributed by atoms with E-state index in [1.54, 1.807) is 0 Å². The van der Waals surface area contributed by atoms with Crippen molar-refractivity contribution in [2.45, 2.75) is 0 Å². The molecule has 0 aliphatic rings. The first kappa shape index (κ1) is 12.6. The molecule has 0 unspecified atom stereocenters. The summed E-state index contributed by atoms with van der Waals surface area (Å²) in [4.78, 5) is 22.4. The molecule has 1 heterocycles. The van der Waals surface area contributed by atoms with Gasteiger partial charge in [0.2, 0.25) is 0 Å². The number of hydrogen-bond acceptors (Lipinski definition) is 3. The van der Waals surface area contributed by atoms with Gasteiger partial charge in [-0.2, -0.15) is 9.78 Å². The van der Waals surface area contributed by atoms with Gasteiger partial charge in [0, 0.05) is 6.07 Å². The van der Waals surface area contributed by atoms with E-state index in [1.165, 1.54) is 18.2 Å². The van der Waals surface area contributed by atoms with Crippen molar-refractivity contribution < 1.29 is 9.90 Å². The number of aromatic nitrogens is 2. The molecular weight excluding hydrogens is 279 g/mol. The van der Waals surface area contributed by atoms with Gasteiger partial charge in [0.25, 0.3) is 5.56 Å². The van der Waals surface area contributed by atoms with E-state index in [9.17, 15) is 9.59 Å². The molecule has 0 radical (unpaired) electrons. The van der Waals surface area contributed by atoms with Crippen LogP contribution >= 0.6 is 23.2 Å². The Morgan fingerprint density at radius 2 is 1.89 bits per heavy atom. The highest BCUT2D eigenvalue weighted by molar-refractivity contribution is 6.42. The molecule has 7 heteroatoms. The SMILES string of the molecule is O=C(O)c1ccc(=O)n(-c2ccc(Cl)c(Cl)c2)n1. The first-order valence-corrected chi connectivity index (χ1v) is 5.54. The molecule has 0 amide bonds. The third-order valence-corrected chi connectivity index (χ3v) is 2.91. The number of carbonyl (C=O) groups is 1. The lowest BCUT2D eigenvalue weighted by Crippen LogP contribution is -2.22. The van der Waals surface area contributed by atoms with E-state index in [1.807, 2.05) is 0 Å². The van der Waals surface area contributed by atoms with Crippen molar-refractivity contribution in [3.05, 3.63) is 56.4 Å². The Balaban J connectivity index is 2.62. The van der Waals surface area contributed by atoms with E-state index < -0.39 is 11.5 Å². The van der Waals surface area contributed by atoms with Gasteiger partial charge in [-0.1, -0.05) is 23.2 Å². The molecule has 0 bridgehead atoms. The highest BCUT2D eigenvalue weighted by Gasteiger charge is 2.09. The van der Waals surface area contributed by atoms with E-state index in [0.717, 1.165) is 16.8 Å². The zero-order chi connectivity index (χ0) is 13.3. The van der Waals surface area contributed by atoms with Crippen LogP contribution in [0.15, 0.2) is 35.1 Å². The summed E-state index contributed by atoms with van der Waals surface area (Å²) >= 11 is 11.6. The maximum absolute atomic E-state index is 11.6. The molecule has 0 aliphatic heterocycles. The van der Waals surface area contributed by atoms with Gasteiger partial charge in [0.1, 0.15) is 0 Å². The van der Waals surface area contributed by atoms with Crippen molar-refractivity contribution >= 4 is 29.2 Å². The van der Waals surface area contributed by atoms with Crippen molar-refractivity contribution in [2.24, 2.45) is 0 Å².